The van der Waals surface area contributed by atoms with Gasteiger partial charge in [0.2, 0.25) is 0 Å². The summed E-state index contributed by atoms with van der Waals surface area (Å²) in [4.78, 5) is 17.4. The van der Waals surface area contributed by atoms with E-state index in [2.05, 4.69) is 72.8 Å². The van der Waals surface area contributed by atoms with Gasteiger partial charge in [-0.1, -0.05) is 49.2 Å². The van der Waals surface area contributed by atoms with Gasteiger partial charge in [0.25, 0.3) is 5.91 Å². The summed E-state index contributed by atoms with van der Waals surface area (Å²) >= 11 is 3.32. The van der Waals surface area contributed by atoms with Crippen molar-refractivity contribution in [2.24, 2.45) is 0 Å². The van der Waals surface area contributed by atoms with Crippen LogP contribution < -0.4 is 5.32 Å². The highest BCUT2D eigenvalue weighted by Gasteiger charge is 2.37. The largest absolute Gasteiger partial charge is 0.342 e. The van der Waals surface area contributed by atoms with Crippen molar-refractivity contribution >= 4 is 38.8 Å². The molecule has 0 atom stereocenters. The second-order valence-corrected chi connectivity index (χ2v) is 9.36. The third-order valence-corrected chi connectivity index (χ3v) is 6.86. The van der Waals surface area contributed by atoms with E-state index in [0.29, 0.717) is 10.3 Å². The standard InChI is InChI=1S/C27H22BrN5O/c28-25-5-3-4-23(31-25)15-20(16-29)26(34)32-27(12-1-2-13-27)22-9-6-18(7-10-22)19-8-11-24-21(14-19)17-30-33-24/h3-11,14-15,17H,1-2,12-13H2,(H,30,33)(H,32,34). The van der Waals surface area contributed by atoms with Gasteiger partial charge >= 0.3 is 0 Å². The number of fused-ring (bicyclic) bond motifs is 1. The van der Waals surface area contributed by atoms with E-state index in [1.807, 2.05) is 24.4 Å². The van der Waals surface area contributed by atoms with E-state index in [0.717, 1.165) is 53.3 Å². The van der Waals surface area contributed by atoms with Crippen LogP contribution in [0.3, 0.4) is 0 Å². The maximum absolute atomic E-state index is 13.1. The number of aromatic nitrogens is 3. The summed E-state index contributed by atoms with van der Waals surface area (Å²) in [5, 5.41) is 21.0. The molecular formula is C27H22BrN5O. The molecule has 2 heterocycles. The zero-order chi connectivity index (χ0) is 23.5. The number of carbonyl (C=O) groups excluding carboxylic acids is 1. The summed E-state index contributed by atoms with van der Waals surface area (Å²) in [6, 6.07) is 22.0. The number of carbonyl (C=O) groups is 1. The van der Waals surface area contributed by atoms with Gasteiger partial charge in [0.1, 0.15) is 16.2 Å². The van der Waals surface area contributed by atoms with Crippen molar-refractivity contribution in [1.82, 2.24) is 20.5 Å². The second kappa shape index (κ2) is 9.24. The number of nitrogens with one attached hydrogen (secondary N) is 2. The normalized spacial score (nSPS) is 15.2. The summed E-state index contributed by atoms with van der Waals surface area (Å²) < 4.78 is 0.651. The fourth-order valence-corrected chi connectivity index (χ4v) is 5.01. The smallest absolute Gasteiger partial charge is 0.262 e. The number of pyridine rings is 1. The molecule has 0 aliphatic heterocycles. The monoisotopic (exact) mass is 511 g/mol. The topological polar surface area (TPSA) is 94.5 Å². The Kier molecular flexibility index (Phi) is 5.99. The molecule has 2 N–H and O–H groups in total. The number of aromatic amines is 1. The van der Waals surface area contributed by atoms with Gasteiger partial charge in [0.15, 0.2) is 0 Å². The molecule has 7 heteroatoms. The average Bonchev–Trinajstić information content (AvgIpc) is 3.52. The summed E-state index contributed by atoms with van der Waals surface area (Å²) in [6.45, 7) is 0. The fraction of sp³-hybridized carbons (Fsp3) is 0.185. The van der Waals surface area contributed by atoms with Crippen molar-refractivity contribution in [2.75, 3.05) is 0 Å². The Bertz CT molecular complexity index is 1430. The predicted molar refractivity (Wildman–Crippen MR) is 135 cm³/mol. The van der Waals surface area contributed by atoms with Crippen LogP contribution in [0.15, 0.2) is 77.0 Å². The van der Waals surface area contributed by atoms with E-state index >= 15 is 0 Å². The van der Waals surface area contributed by atoms with Crippen LogP contribution >= 0.6 is 15.9 Å². The minimum absolute atomic E-state index is 0.0434. The van der Waals surface area contributed by atoms with Gasteiger partial charge < -0.3 is 5.32 Å². The van der Waals surface area contributed by atoms with Crippen LogP contribution in [0.25, 0.3) is 28.1 Å². The van der Waals surface area contributed by atoms with Crippen molar-refractivity contribution in [1.29, 1.82) is 5.26 Å². The van der Waals surface area contributed by atoms with Crippen LogP contribution in [0, 0.1) is 11.3 Å². The highest BCUT2D eigenvalue weighted by atomic mass is 79.9. The Morgan fingerprint density at radius 2 is 1.85 bits per heavy atom. The number of benzene rings is 2. The molecule has 1 aliphatic carbocycles. The minimum atomic E-state index is -0.481. The summed E-state index contributed by atoms with van der Waals surface area (Å²) in [6.07, 6.45) is 7.08. The number of H-pyrrole nitrogens is 1. The van der Waals surface area contributed by atoms with Crippen LogP contribution in [0.1, 0.15) is 36.9 Å². The van der Waals surface area contributed by atoms with Crippen LogP contribution in [-0.4, -0.2) is 21.1 Å². The molecule has 4 aromatic rings. The lowest BCUT2D eigenvalue weighted by molar-refractivity contribution is -0.119. The molecule has 0 spiro atoms. The third-order valence-electron chi connectivity index (χ3n) is 6.41. The fourth-order valence-electron chi connectivity index (χ4n) is 4.65. The Labute approximate surface area is 205 Å². The number of amides is 1. The Balaban J connectivity index is 1.41. The van der Waals surface area contributed by atoms with Gasteiger partial charge in [-0.15, -0.1) is 0 Å². The molecule has 0 saturated heterocycles. The van der Waals surface area contributed by atoms with E-state index < -0.39 is 5.54 Å². The second-order valence-electron chi connectivity index (χ2n) is 8.55. The van der Waals surface area contributed by atoms with Crippen molar-refractivity contribution < 1.29 is 4.79 Å². The molecule has 6 nitrogen and oxygen atoms in total. The number of hydrogen-bond donors (Lipinski definition) is 2. The minimum Gasteiger partial charge on any atom is -0.342 e. The Hall–Kier alpha value is -3.76. The van der Waals surface area contributed by atoms with Crippen LogP contribution in [0.5, 0.6) is 0 Å². The van der Waals surface area contributed by atoms with E-state index in [-0.39, 0.29) is 11.5 Å². The molecule has 1 saturated carbocycles. The molecule has 0 unspecified atom stereocenters. The molecule has 2 aromatic heterocycles. The van der Waals surface area contributed by atoms with E-state index in [4.69, 9.17) is 0 Å². The quantitative estimate of drug-likeness (QED) is 0.198. The summed E-state index contributed by atoms with van der Waals surface area (Å²) in [7, 11) is 0. The van der Waals surface area contributed by atoms with E-state index in [9.17, 15) is 10.1 Å². The lowest BCUT2D eigenvalue weighted by Gasteiger charge is -2.31. The Morgan fingerprint density at radius 3 is 2.59 bits per heavy atom. The summed E-state index contributed by atoms with van der Waals surface area (Å²) in [5.41, 5.74) is 4.40. The maximum atomic E-state index is 13.1. The predicted octanol–water partition coefficient (Wildman–Crippen LogP) is 5.88. The molecule has 168 valence electrons. The maximum Gasteiger partial charge on any atom is 0.262 e. The van der Waals surface area contributed by atoms with Gasteiger partial charge in [0.05, 0.1) is 22.9 Å². The highest BCUT2D eigenvalue weighted by molar-refractivity contribution is 9.10. The molecule has 1 amide bonds. The number of hydrogen-bond acceptors (Lipinski definition) is 4. The highest BCUT2D eigenvalue weighted by Crippen LogP contribution is 2.39. The van der Waals surface area contributed by atoms with Crippen molar-refractivity contribution in [3.05, 3.63) is 88.3 Å². The van der Waals surface area contributed by atoms with Gasteiger partial charge in [-0.3, -0.25) is 9.89 Å². The lowest BCUT2D eigenvalue weighted by atomic mass is 9.86. The van der Waals surface area contributed by atoms with E-state index in [1.54, 1.807) is 12.1 Å². The van der Waals surface area contributed by atoms with Gasteiger partial charge in [-0.05, 0) is 75.8 Å². The molecule has 5 rings (SSSR count). The van der Waals surface area contributed by atoms with Gasteiger partial charge in [0, 0.05) is 5.39 Å². The number of nitriles is 1. The van der Waals surface area contributed by atoms with Gasteiger partial charge in [-0.25, -0.2) is 4.98 Å². The van der Waals surface area contributed by atoms with Crippen molar-refractivity contribution in [2.45, 2.75) is 31.2 Å². The van der Waals surface area contributed by atoms with E-state index in [1.165, 1.54) is 6.08 Å². The van der Waals surface area contributed by atoms with Crippen molar-refractivity contribution in [3.8, 4) is 17.2 Å². The third kappa shape index (κ3) is 4.37. The SMILES string of the molecule is N#CC(=Cc1cccc(Br)n1)C(=O)NC1(c2ccc(-c3ccc4[nH]ncc4c3)cc2)CCCC1. The molecule has 1 fully saturated rings. The first-order chi connectivity index (χ1) is 16.6. The first-order valence-electron chi connectivity index (χ1n) is 11.2. The van der Waals surface area contributed by atoms with Crippen LogP contribution in [0.2, 0.25) is 0 Å². The van der Waals surface area contributed by atoms with Crippen LogP contribution in [-0.2, 0) is 10.3 Å². The first-order valence-corrected chi connectivity index (χ1v) is 12.0. The summed E-state index contributed by atoms with van der Waals surface area (Å²) in [5.74, 6) is -0.374. The van der Waals surface area contributed by atoms with Crippen LogP contribution in [0.4, 0.5) is 0 Å². The van der Waals surface area contributed by atoms with Gasteiger partial charge in [-0.2, -0.15) is 10.4 Å². The lowest BCUT2D eigenvalue weighted by Crippen LogP contribution is -2.44. The molecule has 0 radical (unpaired) electrons. The Morgan fingerprint density at radius 1 is 1.09 bits per heavy atom. The molecular weight excluding hydrogens is 490 g/mol. The molecule has 2 aromatic carbocycles. The zero-order valence-electron chi connectivity index (χ0n) is 18.4. The molecule has 0 bridgehead atoms. The number of nitrogens with zero attached hydrogens (tertiary/aromatic N) is 3. The average molecular weight is 512 g/mol. The molecule has 1 aliphatic rings. The first kappa shape index (κ1) is 22.1. The van der Waals surface area contributed by atoms with Crippen molar-refractivity contribution in [3.63, 3.8) is 0 Å². The zero-order valence-corrected chi connectivity index (χ0v) is 20.0. The number of rotatable bonds is 5. The molecule has 34 heavy (non-hydrogen) atoms. The number of halogens is 1.